The topological polar surface area (TPSA) is 53.5 Å². The maximum atomic E-state index is 6.13. The van der Waals surface area contributed by atoms with Crippen molar-refractivity contribution in [3.63, 3.8) is 0 Å². The Bertz CT molecular complexity index is 773. The Balaban J connectivity index is 1.38. The predicted molar refractivity (Wildman–Crippen MR) is 110 cm³/mol. The Labute approximate surface area is 165 Å². The molecule has 1 aromatic carbocycles. The number of aryl methyl sites for hydroxylation is 1. The van der Waals surface area contributed by atoms with E-state index in [0.717, 1.165) is 68.7 Å². The van der Waals surface area contributed by atoms with Gasteiger partial charge in [0, 0.05) is 61.8 Å². The third kappa shape index (κ3) is 4.62. The maximum absolute atomic E-state index is 6.13. The number of hydrogen-bond donors (Lipinski definition) is 1. The lowest BCUT2D eigenvalue weighted by Crippen LogP contribution is -2.47. The summed E-state index contributed by atoms with van der Waals surface area (Å²) in [5.41, 5.74) is 2.16. The first-order valence-corrected chi connectivity index (χ1v) is 10.0. The average molecular weight is 388 g/mol. The van der Waals surface area contributed by atoms with Crippen LogP contribution in [0.25, 0.3) is 0 Å². The Hall–Kier alpha value is -2.05. The molecule has 3 heterocycles. The number of piperazine rings is 1. The van der Waals surface area contributed by atoms with Gasteiger partial charge in [0.15, 0.2) is 0 Å². The van der Waals surface area contributed by atoms with Crippen molar-refractivity contribution >= 4 is 29.1 Å². The summed E-state index contributed by atoms with van der Waals surface area (Å²) in [4.78, 5) is 14.0. The van der Waals surface area contributed by atoms with Crippen LogP contribution in [0.15, 0.2) is 30.3 Å². The van der Waals surface area contributed by atoms with Crippen LogP contribution in [0.2, 0.25) is 5.02 Å². The third-order valence-corrected chi connectivity index (χ3v) is 5.36. The smallest absolute Gasteiger partial charge is 0.224 e. The van der Waals surface area contributed by atoms with Gasteiger partial charge in [-0.3, -0.25) is 0 Å². The normalized spacial score (nSPS) is 20.1. The van der Waals surface area contributed by atoms with Gasteiger partial charge in [-0.1, -0.05) is 17.7 Å². The molecule has 4 rings (SSSR count). The molecular weight excluding hydrogens is 362 g/mol. The molecule has 7 heteroatoms. The van der Waals surface area contributed by atoms with E-state index >= 15 is 0 Å². The van der Waals surface area contributed by atoms with Crippen molar-refractivity contribution in [3.8, 4) is 0 Å². The zero-order valence-electron chi connectivity index (χ0n) is 15.7. The molecule has 0 bridgehead atoms. The van der Waals surface area contributed by atoms with Gasteiger partial charge in [0.25, 0.3) is 0 Å². The molecule has 2 fully saturated rings. The molecule has 27 heavy (non-hydrogen) atoms. The van der Waals surface area contributed by atoms with Crippen molar-refractivity contribution in [1.82, 2.24) is 9.97 Å². The van der Waals surface area contributed by atoms with E-state index < -0.39 is 0 Å². The lowest BCUT2D eigenvalue weighted by atomic mass is 10.2. The fourth-order valence-electron chi connectivity index (χ4n) is 3.67. The molecule has 1 aromatic heterocycles. The van der Waals surface area contributed by atoms with E-state index in [4.69, 9.17) is 21.3 Å². The second-order valence-corrected chi connectivity index (χ2v) is 7.60. The Morgan fingerprint density at radius 3 is 2.70 bits per heavy atom. The number of ether oxygens (including phenoxy) is 1. The van der Waals surface area contributed by atoms with Crippen molar-refractivity contribution in [3.05, 3.63) is 41.0 Å². The van der Waals surface area contributed by atoms with Gasteiger partial charge in [0.1, 0.15) is 5.82 Å². The molecular formula is C20H26ClN5O. The van der Waals surface area contributed by atoms with Crippen LogP contribution in [0.3, 0.4) is 0 Å². The van der Waals surface area contributed by atoms with Gasteiger partial charge >= 0.3 is 0 Å². The van der Waals surface area contributed by atoms with Crippen molar-refractivity contribution in [2.45, 2.75) is 25.9 Å². The van der Waals surface area contributed by atoms with Crippen LogP contribution in [-0.2, 0) is 4.74 Å². The van der Waals surface area contributed by atoms with E-state index in [9.17, 15) is 0 Å². The zero-order chi connectivity index (χ0) is 18.6. The van der Waals surface area contributed by atoms with Gasteiger partial charge in [0.05, 0.1) is 6.10 Å². The quantitative estimate of drug-likeness (QED) is 0.849. The van der Waals surface area contributed by atoms with Gasteiger partial charge in [-0.15, -0.1) is 0 Å². The summed E-state index contributed by atoms with van der Waals surface area (Å²) >= 11 is 6.13. The molecule has 2 aromatic rings. The van der Waals surface area contributed by atoms with E-state index in [2.05, 4.69) is 32.2 Å². The number of anilines is 3. The average Bonchev–Trinajstić information content (AvgIpc) is 3.20. The molecule has 2 saturated heterocycles. The van der Waals surface area contributed by atoms with Crippen LogP contribution in [0.4, 0.5) is 17.5 Å². The predicted octanol–water partition coefficient (Wildman–Crippen LogP) is 3.36. The number of nitrogens with zero attached hydrogens (tertiary/aromatic N) is 4. The van der Waals surface area contributed by atoms with Crippen LogP contribution < -0.4 is 15.1 Å². The molecule has 0 radical (unpaired) electrons. The van der Waals surface area contributed by atoms with Crippen LogP contribution in [0.5, 0.6) is 0 Å². The van der Waals surface area contributed by atoms with Crippen LogP contribution in [0.1, 0.15) is 18.5 Å². The number of aromatic nitrogens is 2. The first kappa shape index (κ1) is 18.3. The second-order valence-electron chi connectivity index (χ2n) is 7.16. The van der Waals surface area contributed by atoms with Gasteiger partial charge in [-0.25, -0.2) is 4.98 Å². The van der Waals surface area contributed by atoms with E-state index in [1.165, 1.54) is 5.69 Å². The SMILES string of the molecule is Cc1cc(N2CCN(c3cccc(Cl)c3)CC2)nc(NCC2CCCO2)n1. The lowest BCUT2D eigenvalue weighted by Gasteiger charge is -2.37. The minimum absolute atomic E-state index is 0.277. The van der Waals surface area contributed by atoms with Gasteiger partial charge in [-0.2, -0.15) is 4.98 Å². The van der Waals surface area contributed by atoms with Crippen LogP contribution in [-0.4, -0.2) is 55.4 Å². The zero-order valence-corrected chi connectivity index (χ0v) is 16.5. The first-order valence-electron chi connectivity index (χ1n) is 9.64. The fraction of sp³-hybridized carbons (Fsp3) is 0.500. The van der Waals surface area contributed by atoms with Crippen LogP contribution >= 0.6 is 11.6 Å². The number of rotatable bonds is 5. The van der Waals surface area contributed by atoms with E-state index in [-0.39, 0.29) is 6.10 Å². The largest absolute Gasteiger partial charge is 0.376 e. The molecule has 2 aliphatic heterocycles. The van der Waals surface area contributed by atoms with Gasteiger partial charge < -0.3 is 19.9 Å². The highest BCUT2D eigenvalue weighted by molar-refractivity contribution is 6.30. The second kappa shape index (κ2) is 8.31. The lowest BCUT2D eigenvalue weighted by molar-refractivity contribution is 0.120. The Morgan fingerprint density at radius 2 is 1.96 bits per heavy atom. The maximum Gasteiger partial charge on any atom is 0.224 e. The Kier molecular flexibility index (Phi) is 5.64. The minimum atomic E-state index is 0.277. The molecule has 0 aliphatic carbocycles. The highest BCUT2D eigenvalue weighted by atomic mass is 35.5. The van der Waals surface area contributed by atoms with Crippen molar-refractivity contribution < 1.29 is 4.74 Å². The summed E-state index contributed by atoms with van der Waals surface area (Å²) in [6.45, 7) is 7.39. The van der Waals surface area contributed by atoms with Gasteiger partial charge in [-0.05, 0) is 38.0 Å². The molecule has 1 atom stereocenters. The molecule has 0 spiro atoms. The van der Waals surface area contributed by atoms with E-state index in [1.807, 2.05) is 25.1 Å². The Morgan fingerprint density at radius 1 is 1.15 bits per heavy atom. The van der Waals surface area contributed by atoms with Crippen LogP contribution in [0, 0.1) is 6.92 Å². The number of benzene rings is 1. The molecule has 0 saturated carbocycles. The van der Waals surface area contributed by atoms with Crippen molar-refractivity contribution in [2.75, 3.05) is 54.4 Å². The summed E-state index contributed by atoms with van der Waals surface area (Å²) in [5, 5.41) is 4.13. The third-order valence-electron chi connectivity index (χ3n) is 5.13. The summed E-state index contributed by atoms with van der Waals surface area (Å²) in [6.07, 6.45) is 2.53. The monoisotopic (exact) mass is 387 g/mol. The summed E-state index contributed by atoms with van der Waals surface area (Å²) in [6, 6.07) is 10.1. The molecule has 2 aliphatic rings. The van der Waals surface area contributed by atoms with Gasteiger partial charge in [0.2, 0.25) is 5.95 Å². The molecule has 1 N–H and O–H groups in total. The molecule has 0 amide bonds. The standard InChI is InChI=1S/C20H26ClN5O/c1-15-12-19(24-20(23-15)22-14-18-6-3-11-27-18)26-9-7-25(8-10-26)17-5-2-4-16(21)13-17/h2,4-5,12-13,18H,3,6-11,14H2,1H3,(H,22,23,24). The van der Waals surface area contributed by atoms with Crippen molar-refractivity contribution in [2.24, 2.45) is 0 Å². The number of hydrogen-bond acceptors (Lipinski definition) is 6. The fourth-order valence-corrected chi connectivity index (χ4v) is 3.85. The first-order chi connectivity index (χ1) is 13.2. The highest BCUT2D eigenvalue weighted by Crippen LogP contribution is 2.23. The number of halogens is 1. The summed E-state index contributed by atoms with van der Waals surface area (Å²) < 4.78 is 5.67. The molecule has 144 valence electrons. The van der Waals surface area contributed by atoms with E-state index in [0.29, 0.717) is 5.95 Å². The summed E-state index contributed by atoms with van der Waals surface area (Å²) in [7, 11) is 0. The van der Waals surface area contributed by atoms with E-state index in [1.54, 1.807) is 0 Å². The number of nitrogens with one attached hydrogen (secondary N) is 1. The highest BCUT2D eigenvalue weighted by Gasteiger charge is 2.20. The minimum Gasteiger partial charge on any atom is -0.376 e. The van der Waals surface area contributed by atoms with Crippen molar-refractivity contribution in [1.29, 1.82) is 0 Å². The molecule has 6 nitrogen and oxygen atoms in total. The summed E-state index contributed by atoms with van der Waals surface area (Å²) in [5.74, 6) is 1.68. The molecule has 1 unspecified atom stereocenters.